The van der Waals surface area contributed by atoms with Gasteiger partial charge >= 0.3 is 0 Å². The van der Waals surface area contributed by atoms with Crippen LogP contribution in [0.15, 0.2) is 36.5 Å². The Balaban J connectivity index is 1.59. The molecule has 4 nitrogen and oxygen atoms in total. The number of carbonyl (C=O) groups excluding carboxylic acids is 1. The zero-order chi connectivity index (χ0) is 16.5. The minimum absolute atomic E-state index is 0.144. The van der Waals surface area contributed by atoms with Crippen LogP contribution in [0.1, 0.15) is 42.5 Å². The molecule has 24 heavy (non-hydrogen) atoms. The Morgan fingerprint density at radius 1 is 1.08 bits per heavy atom. The number of aryl methyl sites for hydroxylation is 1. The maximum absolute atomic E-state index is 13.2. The minimum atomic E-state index is 0.144. The average Bonchev–Trinajstić information content (AvgIpc) is 3.03. The minimum Gasteiger partial charge on any atom is -0.338 e. The molecule has 1 aliphatic heterocycles. The van der Waals surface area contributed by atoms with Crippen molar-refractivity contribution in [3.05, 3.63) is 42.1 Å². The molecule has 0 bridgehead atoms. The van der Waals surface area contributed by atoms with E-state index >= 15 is 0 Å². The van der Waals surface area contributed by atoms with Crippen molar-refractivity contribution in [3.63, 3.8) is 0 Å². The van der Waals surface area contributed by atoms with Gasteiger partial charge in [0.1, 0.15) is 0 Å². The summed E-state index contributed by atoms with van der Waals surface area (Å²) in [6.07, 6.45) is 8.23. The fourth-order valence-corrected chi connectivity index (χ4v) is 4.49. The maximum atomic E-state index is 13.2. The number of piperidine rings is 1. The molecular weight excluding hydrogens is 298 g/mol. The Morgan fingerprint density at radius 3 is 2.62 bits per heavy atom. The largest absolute Gasteiger partial charge is 0.338 e. The Morgan fingerprint density at radius 2 is 1.83 bits per heavy atom. The van der Waals surface area contributed by atoms with Crippen LogP contribution in [0.3, 0.4) is 0 Å². The van der Waals surface area contributed by atoms with Gasteiger partial charge < -0.3 is 4.90 Å². The summed E-state index contributed by atoms with van der Waals surface area (Å²) < 4.78 is 1.82. The van der Waals surface area contributed by atoms with Gasteiger partial charge in [0.2, 0.25) is 0 Å². The lowest BCUT2D eigenvalue weighted by Crippen LogP contribution is -2.44. The van der Waals surface area contributed by atoms with Crippen LogP contribution in [0.25, 0.3) is 11.3 Å². The summed E-state index contributed by atoms with van der Waals surface area (Å²) >= 11 is 0. The van der Waals surface area contributed by atoms with E-state index in [2.05, 4.69) is 10.00 Å². The Labute approximate surface area is 143 Å². The smallest absolute Gasteiger partial charge is 0.257 e. The van der Waals surface area contributed by atoms with Gasteiger partial charge in [-0.2, -0.15) is 5.10 Å². The quantitative estimate of drug-likeness (QED) is 0.844. The Bertz CT molecular complexity index is 722. The lowest BCUT2D eigenvalue weighted by atomic mass is 9.75. The number of rotatable bonds is 2. The Hall–Kier alpha value is -2.10. The second kappa shape index (κ2) is 6.42. The molecule has 1 saturated carbocycles. The van der Waals surface area contributed by atoms with Crippen LogP contribution >= 0.6 is 0 Å². The Kier molecular flexibility index (Phi) is 4.13. The summed E-state index contributed by atoms with van der Waals surface area (Å²) in [6.45, 7) is 1.82. The molecule has 0 radical (unpaired) electrons. The number of carbonyl (C=O) groups is 1. The fraction of sp³-hybridized carbons (Fsp3) is 0.500. The monoisotopic (exact) mass is 323 g/mol. The highest BCUT2D eigenvalue weighted by Gasteiger charge is 2.34. The summed E-state index contributed by atoms with van der Waals surface area (Å²) in [6, 6.07) is 10.1. The van der Waals surface area contributed by atoms with Crippen LogP contribution in [-0.2, 0) is 7.05 Å². The van der Waals surface area contributed by atoms with Crippen LogP contribution in [0, 0.1) is 11.8 Å². The van der Waals surface area contributed by atoms with Crippen LogP contribution in [0.2, 0.25) is 0 Å². The zero-order valence-electron chi connectivity index (χ0n) is 14.3. The molecule has 2 heterocycles. The van der Waals surface area contributed by atoms with Crippen LogP contribution < -0.4 is 0 Å². The third kappa shape index (κ3) is 2.74. The molecule has 0 N–H and O–H groups in total. The topological polar surface area (TPSA) is 38.1 Å². The van der Waals surface area contributed by atoms with Crippen molar-refractivity contribution in [2.24, 2.45) is 18.9 Å². The number of nitrogens with zero attached hydrogens (tertiary/aromatic N) is 3. The molecule has 126 valence electrons. The first-order valence-electron chi connectivity index (χ1n) is 9.10. The zero-order valence-corrected chi connectivity index (χ0v) is 14.3. The predicted octanol–water partition coefficient (Wildman–Crippen LogP) is 3.74. The number of amides is 1. The molecule has 1 saturated heterocycles. The van der Waals surface area contributed by atoms with E-state index in [4.69, 9.17) is 0 Å². The summed E-state index contributed by atoms with van der Waals surface area (Å²) in [5.74, 6) is 1.68. The summed E-state index contributed by atoms with van der Waals surface area (Å²) in [7, 11) is 1.91. The van der Waals surface area contributed by atoms with Crippen molar-refractivity contribution in [2.75, 3.05) is 13.1 Å². The van der Waals surface area contributed by atoms with Gasteiger partial charge in [0.15, 0.2) is 0 Å². The maximum Gasteiger partial charge on any atom is 0.257 e. The molecule has 0 unspecified atom stereocenters. The van der Waals surface area contributed by atoms with Crippen LogP contribution in [0.5, 0.6) is 0 Å². The van der Waals surface area contributed by atoms with Crippen molar-refractivity contribution >= 4 is 5.91 Å². The van der Waals surface area contributed by atoms with Crippen molar-refractivity contribution in [3.8, 4) is 11.3 Å². The van der Waals surface area contributed by atoms with Gasteiger partial charge in [0.05, 0.1) is 17.5 Å². The SMILES string of the molecule is Cn1ncc(C(=O)N2CC[C@H]3CCCC[C@@H]3C2)c1-c1ccccc1. The van der Waals surface area contributed by atoms with Crippen molar-refractivity contribution in [1.29, 1.82) is 0 Å². The van der Waals surface area contributed by atoms with Crippen molar-refractivity contribution in [2.45, 2.75) is 32.1 Å². The average molecular weight is 323 g/mol. The molecule has 2 fully saturated rings. The lowest BCUT2D eigenvalue weighted by Gasteiger charge is -2.41. The molecule has 4 heteroatoms. The first kappa shape index (κ1) is 15.4. The number of hydrogen-bond acceptors (Lipinski definition) is 2. The molecule has 1 amide bonds. The van der Waals surface area contributed by atoms with Gasteiger partial charge in [-0.3, -0.25) is 9.48 Å². The number of hydrogen-bond donors (Lipinski definition) is 0. The van der Waals surface area contributed by atoms with Gasteiger partial charge in [-0.1, -0.05) is 49.6 Å². The molecule has 1 aromatic carbocycles. The summed E-state index contributed by atoms with van der Waals surface area (Å²) in [4.78, 5) is 15.2. The van der Waals surface area contributed by atoms with Crippen LogP contribution in [-0.4, -0.2) is 33.7 Å². The standard InChI is InChI=1S/C20H25N3O/c1-22-19(16-8-3-2-4-9-16)18(13-21-22)20(24)23-12-11-15-7-5-6-10-17(15)14-23/h2-4,8-9,13,15,17H,5-7,10-12,14H2,1H3/t15-,17-/m1/s1. The van der Waals surface area contributed by atoms with E-state index in [0.29, 0.717) is 5.92 Å². The van der Waals surface area contributed by atoms with Gasteiger partial charge in [0.25, 0.3) is 5.91 Å². The highest BCUT2D eigenvalue weighted by Crippen LogP contribution is 2.37. The number of likely N-dealkylation sites (tertiary alicyclic amines) is 1. The summed E-state index contributed by atoms with van der Waals surface area (Å²) in [5, 5.41) is 4.36. The fourth-order valence-electron chi connectivity index (χ4n) is 4.49. The third-order valence-corrected chi connectivity index (χ3v) is 5.79. The summed E-state index contributed by atoms with van der Waals surface area (Å²) in [5.41, 5.74) is 2.71. The highest BCUT2D eigenvalue weighted by molar-refractivity contribution is 6.00. The first-order chi connectivity index (χ1) is 11.7. The molecule has 2 atom stereocenters. The number of benzene rings is 1. The van der Waals surface area contributed by atoms with E-state index in [9.17, 15) is 4.79 Å². The molecular formula is C20H25N3O. The lowest BCUT2D eigenvalue weighted by molar-refractivity contribution is 0.0521. The number of fused-ring (bicyclic) bond motifs is 1. The van der Waals surface area contributed by atoms with Gasteiger partial charge in [-0.15, -0.1) is 0 Å². The highest BCUT2D eigenvalue weighted by atomic mass is 16.2. The van der Waals surface area contributed by atoms with E-state index < -0.39 is 0 Å². The van der Waals surface area contributed by atoms with Gasteiger partial charge in [-0.25, -0.2) is 0 Å². The molecule has 1 aliphatic carbocycles. The van der Waals surface area contributed by atoms with E-state index in [1.54, 1.807) is 6.20 Å². The third-order valence-electron chi connectivity index (χ3n) is 5.79. The molecule has 1 aromatic heterocycles. The molecule has 0 spiro atoms. The van der Waals surface area contributed by atoms with Crippen molar-refractivity contribution in [1.82, 2.24) is 14.7 Å². The normalized spacial score (nSPS) is 23.8. The second-order valence-corrected chi connectivity index (χ2v) is 7.24. The van der Waals surface area contributed by atoms with Crippen molar-refractivity contribution < 1.29 is 4.79 Å². The second-order valence-electron chi connectivity index (χ2n) is 7.24. The first-order valence-corrected chi connectivity index (χ1v) is 9.10. The molecule has 4 rings (SSSR count). The molecule has 2 aromatic rings. The molecule has 2 aliphatic rings. The van der Waals surface area contributed by atoms with E-state index in [1.165, 1.54) is 25.7 Å². The van der Waals surface area contributed by atoms with Crippen LogP contribution in [0.4, 0.5) is 0 Å². The van der Waals surface area contributed by atoms with E-state index in [-0.39, 0.29) is 5.91 Å². The predicted molar refractivity (Wildman–Crippen MR) is 94.6 cm³/mol. The van der Waals surface area contributed by atoms with E-state index in [0.717, 1.165) is 42.2 Å². The van der Waals surface area contributed by atoms with E-state index in [1.807, 2.05) is 42.1 Å². The van der Waals surface area contributed by atoms with Gasteiger partial charge in [-0.05, 0) is 24.7 Å². The van der Waals surface area contributed by atoms with Gasteiger partial charge in [0, 0.05) is 25.7 Å². The number of aromatic nitrogens is 2.